The van der Waals surface area contributed by atoms with E-state index in [9.17, 15) is 4.79 Å². The van der Waals surface area contributed by atoms with Gasteiger partial charge in [0.25, 0.3) is 5.91 Å². The summed E-state index contributed by atoms with van der Waals surface area (Å²) in [6.07, 6.45) is 3.35. The summed E-state index contributed by atoms with van der Waals surface area (Å²) in [7, 11) is 0. The molecule has 25 heavy (non-hydrogen) atoms. The van der Waals surface area contributed by atoms with E-state index in [0.29, 0.717) is 17.3 Å². The third-order valence-electron chi connectivity index (χ3n) is 3.32. The summed E-state index contributed by atoms with van der Waals surface area (Å²) in [4.78, 5) is 25.9. The molecular formula is C16H14Cl3N5O. The number of carbonyl (C=O) groups is 1. The van der Waals surface area contributed by atoms with E-state index in [1.807, 2.05) is 18.2 Å². The molecule has 0 unspecified atom stereocenters. The van der Waals surface area contributed by atoms with Crippen molar-refractivity contribution in [3.8, 4) is 0 Å². The maximum atomic E-state index is 12.3. The first kappa shape index (κ1) is 19.1. The van der Waals surface area contributed by atoms with E-state index in [1.165, 1.54) is 0 Å². The van der Waals surface area contributed by atoms with Crippen LogP contribution in [0.1, 0.15) is 16.1 Å². The highest BCUT2D eigenvalue weighted by atomic mass is 35.5. The zero-order chi connectivity index (χ0) is 16.9. The molecule has 3 aromatic rings. The molecule has 3 rings (SSSR count). The molecule has 1 aromatic carbocycles. The number of H-pyrrole nitrogens is 1. The number of halogens is 3. The Bertz CT molecular complexity index is 895. The van der Waals surface area contributed by atoms with Crippen LogP contribution in [-0.2, 0) is 6.54 Å². The first-order valence-electron chi connectivity index (χ1n) is 7.05. The highest BCUT2D eigenvalue weighted by Gasteiger charge is 2.12. The van der Waals surface area contributed by atoms with E-state index in [4.69, 9.17) is 23.4 Å². The van der Waals surface area contributed by atoms with Gasteiger partial charge in [0.2, 0.25) is 5.96 Å². The number of hydrogen-bond donors (Lipinski definition) is 3. The van der Waals surface area contributed by atoms with Crippen molar-refractivity contribution in [3.05, 3.63) is 65.1 Å². The Labute approximate surface area is 160 Å². The first-order valence-corrected chi connectivity index (χ1v) is 7.81. The van der Waals surface area contributed by atoms with Crippen LogP contribution >= 0.6 is 35.8 Å². The van der Waals surface area contributed by atoms with Crippen molar-refractivity contribution in [1.29, 1.82) is 0 Å². The van der Waals surface area contributed by atoms with Crippen LogP contribution in [-0.4, -0.2) is 21.8 Å². The standard InChI is InChI=1S/C16H13Cl2N5O.ClH/c17-12-1-2-13-11(7-12)8-14(21-13)15(24)22-16(23-18)20-9-10-3-5-19-6-4-10;/h1-8,21H,9H2,(H2,20,22,23,24);1H. The summed E-state index contributed by atoms with van der Waals surface area (Å²) in [5.74, 6) is -0.195. The monoisotopic (exact) mass is 397 g/mol. The second-order valence-corrected chi connectivity index (χ2v) is 5.61. The summed E-state index contributed by atoms with van der Waals surface area (Å²) in [6, 6.07) is 10.7. The number of rotatable bonds is 3. The fourth-order valence-corrected chi connectivity index (χ4v) is 2.44. The second-order valence-electron chi connectivity index (χ2n) is 4.98. The molecule has 0 fully saturated rings. The van der Waals surface area contributed by atoms with Gasteiger partial charge < -0.3 is 4.98 Å². The number of aliphatic imine (C=N–C) groups is 1. The average molecular weight is 399 g/mol. The molecule has 0 radical (unpaired) electrons. The van der Waals surface area contributed by atoms with Crippen molar-refractivity contribution in [2.45, 2.75) is 6.54 Å². The lowest BCUT2D eigenvalue weighted by Gasteiger charge is -2.05. The van der Waals surface area contributed by atoms with E-state index in [1.54, 1.807) is 30.6 Å². The van der Waals surface area contributed by atoms with Gasteiger partial charge in [0.15, 0.2) is 0 Å². The summed E-state index contributed by atoms with van der Waals surface area (Å²) in [5.41, 5.74) is 2.15. The number of fused-ring (bicyclic) bond motifs is 1. The minimum atomic E-state index is -0.357. The summed E-state index contributed by atoms with van der Waals surface area (Å²) < 4.78 is 0. The quantitative estimate of drug-likeness (QED) is 0.358. The zero-order valence-electron chi connectivity index (χ0n) is 12.8. The molecule has 0 atom stereocenters. The molecule has 2 aromatic heterocycles. The fourth-order valence-electron chi connectivity index (χ4n) is 2.15. The normalized spacial score (nSPS) is 11.0. The Hall–Kier alpha value is -2.28. The number of carbonyl (C=O) groups excluding carboxylic acids is 1. The Kier molecular flexibility index (Phi) is 6.64. The summed E-state index contributed by atoms with van der Waals surface area (Å²) in [6.45, 7) is 0.361. The van der Waals surface area contributed by atoms with Crippen molar-refractivity contribution in [2.75, 3.05) is 0 Å². The Morgan fingerprint density at radius 1 is 1.20 bits per heavy atom. The van der Waals surface area contributed by atoms with Gasteiger partial charge in [-0.3, -0.25) is 19.9 Å². The molecule has 2 heterocycles. The topological polar surface area (TPSA) is 82.2 Å². The molecular weight excluding hydrogens is 385 g/mol. The third kappa shape index (κ3) is 4.85. The lowest BCUT2D eigenvalue weighted by Crippen LogP contribution is -2.37. The van der Waals surface area contributed by atoms with Crippen molar-refractivity contribution in [2.24, 2.45) is 4.99 Å². The van der Waals surface area contributed by atoms with Crippen molar-refractivity contribution in [1.82, 2.24) is 20.1 Å². The number of aromatic nitrogens is 2. The summed E-state index contributed by atoms with van der Waals surface area (Å²) in [5, 5.41) is 4.07. The molecule has 0 aliphatic rings. The fraction of sp³-hybridized carbons (Fsp3) is 0.0625. The number of amides is 1. The van der Waals surface area contributed by atoms with E-state index in [0.717, 1.165) is 16.5 Å². The van der Waals surface area contributed by atoms with Gasteiger partial charge in [-0.1, -0.05) is 11.6 Å². The minimum Gasteiger partial charge on any atom is -0.351 e. The molecule has 3 N–H and O–H groups in total. The highest BCUT2D eigenvalue weighted by Crippen LogP contribution is 2.20. The molecule has 0 spiro atoms. The van der Waals surface area contributed by atoms with Crippen LogP contribution in [0.4, 0.5) is 0 Å². The number of hydrogen-bond acceptors (Lipinski definition) is 3. The van der Waals surface area contributed by atoms with Crippen molar-refractivity contribution < 1.29 is 4.79 Å². The van der Waals surface area contributed by atoms with E-state index in [-0.39, 0.29) is 24.3 Å². The van der Waals surface area contributed by atoms with Gasteiger partial charge in [-0.15, -0.1) is 12.4 Å². The predicted octanol–water partition coefficient (Wildman–Crippen LogP) is 3.67. The number of nitrogens with one attached hydrogen (secondary N) is 3. The maximum absolute atomic E-state index is 12.3. The van der Waals surface area contributed by atoms with Crippen LogP contribution in [0.2, 0.25) is 5.02 Å². The van der Waals surface area contributed by atoms with Crippen LogP contribution in [0, 0.1) is 0 Å². The molecule has 6 nitrogen and oxygen atoms in total. The minimum absolute atomic E-state index is 0. The van der Waals surface area contributed by atoms with E-state index >= 15 is 0 Å². The van der Waals surface area contributed by atoms with Gasteiger partial charge in [0.1, 0.15) is 5.69 Å². The third-order valence-corrected chi connectivity index (χ3v) is 3.73. The summed E-state index contributed by atoms with van der Waals surface area (Å²) >= 11 is 11.6. The number of aromatic amines is 1. The first-order chi connectivity index (χ1) is 11.7. The molecule has 1 amide bonds. The van der Waals surface area contributed by atoms with Crippen LogP contribution in [0.25, 0.3) is 10.9 Å². The van der Waals surface area contributed by atoms with Crippen molar-refractivity contribution >= 4 is 58.6 Å². The van der Waals surface area contributed by atoms with Gasteiger partial charge in [-0.2, -0.15) is 0 Å². The largest absolute Gasteiger partial charge is 0.351 e. The molecule has 0 saturated heterocycles. The molecule has 0 saturated carbocycles. The van der Waals surface area contributed by atoms with Gasteiger partial charge in [-0.25, -0.2) is 4.99 Å². The Balaban J connectivity index is 0.00000225. The van der Waals surface area contributed by atoms with Crippen LogP contribution in [0.15, 0.2) is 53.8 Å². The number of pyridine rings is 1. The van der Waals surface area contributed by atoms with Gasteiger partial charge in [0.05, 0.1) is 6.54 Å². The molecule has 0 aliphatic heterocycles. The van der Waals surface area contributed by atoms with Crippen LogP contribution in [0.3, 0.4) is 0 Å². The molecule has 9 heteroatoms. The van der Waals surface area contributed by atoms with Crippen LogP contribution in [0.5, 0.6) is 0 Å². The number of guanidine groups is 1. The Morgan fingerprint density at radius 3 is 2.68 bits per heavy atom. The predicted molar refractivity (Wildman–Crippen MR) is 102 cm³/mol. The smallest absolute Gasteiger partial charge is 0.274 e. The average Bonchev–Trinajstić information content (AvgIpc) is 3.02. The Morgan fingerprint density at radius 2 is 1.96 bits per heavy atom. The van der Waals surface area contributed by atoms with Gasteiger partial charge in [0, 0.05) is 40.1 Å². The lowest BCUT2D eigenvalue weighted by molar-refractivity contribution is 0.0972. The van der Waals surface area contributed by atoms with E-state index < -0.39 is 0 Å². The second kappa shape index (κ2) is 8.71. The molecule has 130 valence electrons. The molecule has 0 aliphatic carbocycles. The van der Waals surface area contributed by atoms with Gasteiger partial charge >= 0.3 is 0 Å². The highest BCUT2D eigenvalue weighted by molar-refractivity contribution is 6.31. The zero-order valence-corrected chi connectivity index (χ0v) is 15.1. The lowest BCUT2D eigenvalue weighted by atomic mass is 10.2. The van der Waals surface area contributed by atoms with E-state index in [2.05, 4.69) is 25.1 Å². The SMILES string of the molecule is Cl.O=C(NC(=NCc1ccncc1)NCl)c1cc2cc(Cl)ccc2[nH]1. The molecule has 0 bridgehead atoms. The number of nitrogens with zero attached hydrogens (tertiary/aromatic N) is 2. The van der Waals surface area contributed by atoms with Crippen molar-refractivity contribution in [3.63, 3.8) is 0 Å². The van der Waals surface area contributed by atoms with Gasteiger partial charge in [-0.05, 0) is 42.0 Å². The number of benzene rings is 1. The van der Waals surface area contributed by atoms with Crippen LogP contribution < -0.4 is 10.2 Å². The maximum Gasteiger partial charge on any atom is 0.274 e.